The van der Waals surface area contributed by atoms with Crippen molar-refractivity contribution < 1.29 is 9.90 Å². The summed E-state index contributed by atoms with van der Waals surface area (Å²) in [5.41, 5.74) is 6.87. The molecule has 1 aliphatic carbocycles. The molecular weight excluding hydrogens is 252 g/mol. The fourth-order valence-corrected chi connectivity index (χ4v) is 2.96. The molecule has 4 nitrogen and oxygen atoms in total. The molecule has 1 saturated carbocycles. The van der Waals surface area contributed by atoms with E-state index in [1.807, 2.05) is 12.1 Å². The first kappa shape index (κ1) is 14.9. The van der Waals surface area contributed by atoms with Crippen LogP contribution in [0.3, 0.4) is 0 Å². The lowest BCUT2D eigenvalue weighted by Gasteiger charge is -2.29. The molecule has 0 saturated heterocycles. The van der Waals surface area contributed by atoms with Crippen LogP contribution in [0.15, 0.2) is 24.3 Å². The van der Waals surface area contributed by atoms with Crippen LogP contribution >= 0.6 is 0 Å². The van der Waals surface area contributed by atoms with Gasteiger partial charge in [0.1, 0.15) is 5.75 Å². The van der Waals surface area contributed by atoms with Gasteiger partial charge in [-0.25, -0.2) is 0 Å². The molecule has 4 heteroatoms. The van der Waals surface area contributed by atoms with Gasteiger partial charge in [-0.15, -0.1) is 0 Å². The monoisotopic (exact) mass is 276 g/mol. The molecule has 2 unspecified atom stereocenters. The second kappa shape index (κ2) is 7.29. The smallest absolute Gasteiger partial charge is 0.223 e. The first-order valence-electron chi connectivity index (χ1n) is 7.46. The molecule has 0 spiro atoms. The van der Waals surface area contributed by atoms with E-state index in [4.69, 9.17) is 5.73 Å². The van der Waals surface area contributed by atoms with Crippen LogP contribution in [0.4, 0.5) is 0 Å². The molecule has 110 valence electrons. The van der Waals surface area contributed by atoms with E-state index in [1.54, 1.807) is 12.1 Å². The molecular formula is C16H24N2O2. The van der Waals surface area contributed by atoms with Gasteiger partial charge < -0.3 is 16.2 Å². The van der Waals surface area contributed by atoms with E-state index in [-0.39, 0.29) is 17.6 Å². The Labute approximate surface area is 120 Å². The highest BCUT2D eigenvalue weighted by molar-refractivity contribution is 5.79. The lowest BCUT2D eigenvalue weighted by Crippen LogP contribution is -2.40. The predicted molar refractivity (Wildman–Crippen MR) is 79.3 cm³/mol. The number of carbonyl (C=O) groups excluding carboxylic acids is 1. The van der Waals surface area contributed by atoms with E-state index in [1.165, 1.54) is 6.42 Å². The molecule has 0 radical (unpaired) electrons. The third kappa shape index (κ3) is 3.97. The van der Waals surface area contributed by atoms with Gasteiger partial charge >= 0.3 is 0 Å². The Kier molecular flexibility index (Phi) is 5.41. The summed E-state index contributed by atoms with van der Waals surface area (Å²) in [5, 5.41) is 12.2. The lowest BCUT2D eigenvalue weighted by molar-refractivity contribution is -0.127. The maximum Gasteiger partial charge on any atom is 0.223 e. The maximum atomic E-state index is 12.2. The van der Waals surface area contributed by atoms with E-state index in [2.05, 4.69) is 5.32 Å². The Hall–Kier alpha value is -1.55. The number of nitrogens with one attached hydrogen (secondary N) is 1. The van der Waals surface area contributed by atoms with Crippen LogP contribution in [0.5, 0.6) is 5.75 Å². The number of phenols is 1. The molecule has 0 aliphatic heterocycles. The molecule has 1 fully saturated rings. The lowest BCUT2D eigenvalue weighted by atomic mass is 9.79. The van der Waals surface area contributed by atoms with Crippen LogP contribution in [0.2, 0.25) is 0 Å². The minimum atomic E-state index is 0.0913. The van der Waals surface area contributed by atoms with E-state index in [9.17, 15) is 9.90 Å². The largest absolute Gasteiger partial charge is 0.508 e. The van der Waals surface area contributed by atoms with Gasteiger partial charge in [-0.2, -0.15) is 0 Å². The summed E-state index contributed by atoms with van der Waals surface area (Å²) in [5.74, 6) is 0.857. The number of carbonyl (C=O) groups is 1. The fraction of sp³-hybridized carbons (Fsp3) is 0.562. The number of hydrogen-bond donors (Lipinski definition) is 3. The number of benzene rings is 1. The van der Waals surface area contributed by atoms with Gasteiger partial charge in [0.25, 0.3) is 0 Å². The van der Waals surface area contributed by atoms with E-state index in [0.29, 0.717) is 19.0 Å². The van der Waals surface area contributed by atoms with Crippen LogP contribution in [-0.2, 0) is 11.2 Å². The van der Waals surface area contributed by atoms with E-state index >= 15 is 0 Å². The van der Waals surface area contributed by atoms with Crippen molar-refractivity contribution in [2.24, 2.45) is 17.6 Å². The highest BCUT2D eigenvalue weighted by Gasteiger charge is 2.29. The standard InChI is InChI=1S/C16H24N2O2/c17-11-13-3-1-2-4-15(13)16(20)18-10-9-12-5-7-14(19)8-6-12/h5-8,13,15,19H,1-4,9-11,17H2,(H,18,20). The zero-order valence-electron chi connectivity index (χ0n) is 11.8. The first-order chi connectivity index (χ1) is 9.70. The van der Waals surface area contributed by atoms with Gasteiger partial charge in [-0.3, -0.25) is 4.79 Å². The Balaban J connectivity index is 1.78. The highest BCUT2D eigenvalue weighted by Crippen LogP contribution is 2.29. The minimum absolute atomic E-state index is 0.0913. The predicted octanol–water partition coefficient (Wildman–Crippen LogP) is 1.82. The third-order valence-electron chi connectivity index (χ3n) is 4.20. The molecule has 1 aromatic carbocycles. The molecule has 0 bridgehead atoms. The SMILES string of the molecule is NCC1CCCCC1C(=O)NCCc1ccc(O)cc1. The van der Waals surface area contributed by atoms with Crippen LogP contribution in [-0.4, -0.2) is 24.1 Å². The second-order valence-corrected chi connectivity index (χ2v) is 5.59. The van der Waals surface area contributed by atoms with Crippen LogP contribution in [0.1, 0.15) is 31.2 Å². The highest BCUT2D eigenvalue weighted by atomic mass is 16.3. The normalized spacial score (nSPS) is 22.4. The molecule has 0 heterocycles. The van der Waals surface area contributed by atoms with Gasteiger partial charge in [-0.05, 0) is 49.4 Å². The van der Waals surface area contributed by atoms with Gasteiger partial charge in [0.15, 0.2) is 0 Å². The first-order valence-corrected chi connectivity index (χ1v) is 7.46. The average Bonchev–Trinajstić information content (AvgIpc) is 2.49. The Morgan fingerprint density at radius 3 is 2.65 bits per heavy atom. The third-order valence-corrected chi connectivity index (χ3v) is 4.20. The molecule has 1 amide bonds. The van der Waals surface area contributed by atoms with Crippen LogP contribution < -0.4 is 11.1 Å². The molecule has 2 rings (SSSR count). The Bertz CT molecular complexity index is 431. The van der Waals surface area contributed by atoms with Crippen molar-refractivity contribution in [1.29, 1.82) is 0 Å². The minimum Gasteiger partial charge on any atom is -0.508 e. The summed E-state index contributed by atoms with van der Waals surface area (Å²) in [6, 6.07) is 7.10. The summed E-state index contributed by atoms with van der Waals surface area (Å²) in [6.45, 7) is 1.24. The molecule has 2 atom stereocenters. The number of amides is 1. The van der Waals surface area contributed by atoms with Gasteiger partial charge in [0.2, 0.25) is 5.91 Å². The summed E-state index contributed by atoms with van der Waals surface area (Å²) in [4.78, 5) is 12.2. The molecule has 0 aromatic heterocycles. The number of rotatable bonds is 5. The zero-order chi connectivity index (χ0) is 14.4. The number of aromatic hydroxyl groups is 1. The van der Waals surface area contributed by atoms with Crippen molar-refractivity contribution >= 4 is 5.91 Å². The zero-order valence-corrected chi connectivity index (χ0v) is 11.8. The van der Waals surface area contributed by atoms with Crippen molar-refractivity contribution in [1.82, 2.24) is 5.32 Å². The van der Waals surface area contributed by atoms with Crippen molar-refractivity contribution in [3.8, 4) is 5.75 Å². The van der Waals surface area contributed by atoms with Crippen molar-refractivity contribution in [3.05, 3.63) is 29.8 Å². The van der Waals surface area contributed by atoms with E-state index < -0.39 is 0 Å². The van der Waals surface area contributed by atoms with Crippen molar-refractivity contribution in [3.63, 3.8) is 0 Å². The summed E-state index contributed by atoms with van der Waals surface area (Å²) < 4.78 is 0. The van der Waals surface area contributed by atoms with Crippen molar-refractivity contribution in [2.45, 2.75) is 32.1 Å². The molecule has 1 aromatic rings. The van der Waals surface area contributed by atoms with Crippen LogP contribution in [0.25, 0.3) is 0 Å². The van der Waals surface area contributed by atoms with Crippen LogP contribution in [0, 0.1) is 11.8 Å². The van der Waals surface area contributed by atoms with Crippen molar-refractivity contribution in [2.75, 3.05) is 13.1 Å². The topological polar surface area (TPSA) is 75.4 Å². The number of phenolic OH excluding ortho intramolecular Hbond substituents is 1. The quantitative estimate of drug-likeness (QED) is 0.768. The number of nitrogens with two attached hydrogens (primary N) is 1. The number of hydrogen-bond acceptors (Lipinski definition) is 3. The Morgan fingerprint density at radius 2 is 1.95 bits per heavy atom. The van der Waals surface area contributed by atoms with E-state index in [0.717, 1.165) is 31.2 Å². The molecule has 1 aliphatic rings. The molecule has 20 heavy (non-hydrogen) atoms. The fourth-order valence-electron chi connectivity index (χ4n) is 2.96. The second-order valence-electron chi connectivity index (χ2n) is 5.59. The Morgan fingerprint density at radius 1 is 1.25 bits per heavy atom. The van der Waals surface area contributed by atoms with Gasteiger partial charge in [-0.1, -0.05) is 25.0 Å². The summed E-state index contributed by atoms with van der Waals surface area (Å²) in [6.07, 6.45) is 5.15. The van der Waals surface area contributed by atoms with Gasteiger partial charge in [0, 0.05) is 12.5 Å². The molecule has 4 N–H and O–H groups in total. The van der Waals surface area contributed by atoms with Gasteiger partial charge in [0.05, 0.1) is 0 Å². The maximum absolute atomic E-state index is 12.2. The summed E-state index contributed by atoms with van der Waals surface area (Å²) in [7, 11) is 0. The summed E-state index contributed by atoms with van der Waals surface area (Å²) >= 11 is 0. The average molecular weight is 276 g/mol.